The van der Waals surface area contributed by atoms with Crippen molar-refractivity contribution in [2.45, 2.75) is 32.3 Å². The molecule has 2 N–H and O–H groups in total. The number of ether oxygens (including phenoxy) is 1. The molecule has 0 spiro atoms. The zero-order valence-electron chi connectivity index (χ0n) is 11.8. The molecule has 3 heteroatoms. The highest BCUT2D eigenvalue weighted by molar-refractivity contribution is 5.34. The number of rotatable bonds is 10. The molecule has 0 aliphatic rings. The summed E-state index contributed by atoms with van der Waals surface area (Å²) in [5.74, 6) is 0.829. The molecule has 1 aromatic rings. The maximum Gasteiger partial charge on any atom is 0.122 e. The summed E-state index contributed by atoms with van der Waals surface area (Å²) in [5, 5.41) is 13.0. The molecule has 1 atom stereocenters. The molecule has 0 fully saturated rings. The SMILES string of the molecule is C=CCc1ccccc1OCC(O)CNCCCC. The monoisotopic (exact) mass is 263 g/mol. The van der Waals surface area contributed by atoms with Crippen LogP contribution in [0.3, 0.4) is 0 Å². The van der Waals surface area contributed by atoms with Crippen LogP contribution in [-0.4, -0.2) is 30.9 Å². The van der Waals surface area contributed by atoms with Crippen molar-refractivity contribution in [3.63, 3.8) is 0 Å². The zero-order chi connectivity index (χ0) is 13.9. The van der Waals surface area contributed by atoms with Crippen LogP contribution in [0.15, 0.2) is 36.9 Å². The Labute approximate surface area is 116 Å². The normalized spacial score (nSPS) is 12.1. The maximum atomic E-state index is 9.82. The smallest absolute Gasteiger partial charge is 0.122 e. The Balaban J connectivity index is 2.33. The van der Waals surface area contributed by atoms with Gasteiger partial charge in [0.2, 0.25) is 0 Å². The largest absolute Gasteiger partial charge is 0.491 e. The average Bonchev–Trinajstić information content (AvgIpc) is 2.43. The summed E-state index contributed by atoms with van der Waals surface area (Å²) in [4.78, 5) is 0. The van der Waals surface area contributed by atoms with Crippen LogP contribution in [0, 0.1) is 0 Å². The van der Waals surface area contributed by atoms with Gasteiger partial charge in [-0.25, -0.2) is 0 Å². The molecule has 106 valence electrons. The van der Waals surface area contributed by atoms with Crippen LogP contribution in [0.4, 0.5) is 0 Å². The first-order chi connectivity index (χ1) is 9.27. The Morgan fingerprint density at radius 1 is 1.42 bits per heavy atom. The molecule has 1 rings (SSSR count). The number of unbranched alkanes of at least 4 members (excludes halogenated alkanes) is 1. The van der Waals surface area contributed by atoms with E-state index in [2.05, 4.69) is 18.8 Å². The van der Waals surface area contributed by atoms with Crippen LogP contribution < -0.4 is 10.1 Å². The van der Waals surface area contributed by atoms with E-state index in [0.29, 0.717) is 13.2 Å². The molecule has 0 aromatic heterocycles. The van der Waals surface area contributed by atoms with E-state index in [9.17, 15) is 5.11 Å². The summed E-state index contributed by atoms with van der Waals surface area (Å²) in [6, 6.07) is 7.86. The number of aliphatic hydroxyl groups is 1. The maximum absolute atomic E-state index is 9.82. The van der Waals surface area contributed by atoms with Gasteiger partial charge in [0.1, 0.15) is 18.5 Å². The lowest BCUT2D eigenvalue weighted by Gasteiger charge is -2.15. The molecule has 0 saturated carbocycles. The molecule has 1 unspecified atom stereocenters. The van der Waals surface area contributed by atoms with E-state index < -0.39 is 6.10 Å². The van der Waals surface area contributed by atoms with Gasteiger partial charge < -0.3 is 15.2 Å². The molecule has 0 amide bonds. The fourth-order valence-electron chi connectivity index (χ4n) is 1.78. The minimum Gasteiger partial charge on any atom is -0.491 e. The topological polar surface area (TPSA) is 41.5 Å². The van der Waals surface area contributed by atoms with Crippen LogP contribution in [0.25, 0.3) is 0 Å². The number of aliphatic hydroxyl groups excluding tert-OH is 1. The zero-order valence-corrected chi connectivity index (χ0v) is 11.8. The Hall–Kier alpha value is -1.32. The van der Waals surface area contributed by atoms with Gasteiger partial charge in [-0.1, -0.05) is 37.6 Å². The third-order valence-electron chi connectivity index (χ3n) is 2.86. The molecule has 1 aromatic carbocycles. The fourth-order valence-corrected chi connectivity index (χ4v) is 1.78. The lowest BCUT2D eigenvalue weighted by Crippen LogP contribution is -2.32. The van der Waals surface area contributed by atoms with Gasteiger partial charge >= 0.3 is 0 Å². The standard InChI is InChI=1S/C16H25NO2/c1-3-5-11-17-12-15(18)13-19-16-10-7-6-9-14(16)8-4-2/h4,6-7,9-10,15,17-18H,2-3,5,8,11-13H2,1H3. The van der Waals surface area contributed by atoms with Crippen molar-refractivity contribution < 1.29 is 9.84 Å². The summed E-state index contributed by atoms with van der Waals surface area (Å²) < 4.78 is 5.67. The Morgan fingerprint density at radius 3 is 2.95 bits per heavy atom. The number of allylic oxidation sites excluding steroid dienone is 1. The van der Waals surface area contributed by atoms with Crippen LogP contribution in [0.1, 0.15) is 25.3 Å². The van der Waals surface area contributed by atoms with Gasteiger partial charge in [-0.05, 0) is 31.0 Å². The van der Waals surface area contributed by atoms with Gasteiger partial charge in [-0.15, -0.1) is 6.58 Å². The van der Waals surface area contributed by atoms with Crippen molar-refractivity contribution in [1.82, 2.24) is 5.32 Å². The van der Waals surface area contributed by atoms with E-state index in [4.69, 9.17) is 4.74 Å². The fraction of sp³-hybridized carbons (Fsp3) is 0.500. The van der Waals surface area contributed by atoms with Gasteiger partial charge in [-0.2, -0.15) is 0 Å². The molecule has 0 aliphatic carbocycles. The minimum atomic E-state index is -0.478. The summed E-state index contributed by atoms with van der Waals surface area (Å²) in [5.41, 5.74) is 1.10. The predicted octanol–water partition coefficient (Wildman–Crippen LogP) is 2.54. The number of para-hydroxylation sites is 1. The second kappa shape index (κ2) is 9.59. The minimum absolute atomic E-state index is 0.313. The Kier molecular flexibility index (Phi) is 7.94. The second-order valence-corrected chi connectivity index (χ2v) is 4.62. The van der Waals surface area contributed by atoms with Crippen molar-refractivity contribution in [3.8, 4) is 5.75 Å². The summed E-state index contributed by atoms with van der Waals surface area (Å²) in [7, 11) is 0. The molecule has 3 nitrogen and oxygen atoms in total. The Bertz CT molecular complexity index is 366. The van der Waals surface area contributed by atoms with Crippen molar-refractivity contribution in [2.75, 3.05) is 19.7 Å². The van der Waals surface area contributed by atoms with Crippen molar-refractivity contribution in [1.29, 1.82) is 0 Å². The van der Waals surface area contributed by atoms with Crippen LogP contribution in [0.2, 0.25) is 0 Å². The molecule has 0 heterocycles. The molecular formula is C16H25NO2. The highest BCUT2D eigenvalue weighted by Gasteiger charge is 2.06. The van der Waals surface area contributed by atoms with E-state index >= 15 is 0 Å². The molecule has 0 aliphatic heterocycles. The quantitative estimate of drug-likeness (QED) is 0.503. The predicted molar refractivity (Wildman–Crippen MR) is 79.6 cm³/mol. The van der Waals surface area contributed by atoms with E-state index in [0.717, 1.165) is 37.1 Å². The van der Waals surface area contributed by atoms with Gasteiger partial charge in [-0.3, -0.25) is 0 Å². The van der Waals surface area contributed by atoms with Crippen LogP contribution in [0.5, 0.6) is 5.75 Å². The highest BCUT2D eigenvalue weighted by atomic mass is 16.5. The number of hydrogen-bond donors (Lipinski definition) is 2. The molecular weight excluding hydrogens is 238 g/mol. The third kappa shape index (κ3) is 6.41. The van der Waals surface area contributed by atoms with Gasteiger partial charge in [0, 0.05) is 6.54 Å². The molecule has 0 saturated heterocycles. The molecule has 0 radical (unpaired) electrons. The lowest BCUT2D eigenvalue weighted by molar-refractivity contribution is 0.106. The van der Waals surface area contributed by atoms with Crippen molar-refractivity contribution in [2.24, 2.45) is 0 Å². The van der Waals surface area contributed by atoms with Gasteiger partial charge in [0.15, 0.2) is 0 Å². The first kappa shape index (κ1) is 15.7. The van der Waals surface area contributed by atoms with E-state index in [1.807, 2.05) is 30.3 Å². The molecule has 19 heavy (non-hydrogen) atoms. The first-order valence-corrected chi connectivity index (χ1v) is 6.98. The van der Waals surface area contributed by atoms with Gasteiger partial charge in [0.05, 0.1) is 0 Å². The summed E-state index contributed by atoms with van der Waals surface area (Å²) >= 11 is 0. The van der Waals surface area contributed by atoms with Crippen LogP contribution >= 0.6 is 0 Å². The van der Waals surface area contributed by atoms with Gasteiger partial charge in [0.25, 0.3) is 0 Å². The van der Waals surface area contributed by atoms with Crippen molar-refractivity contribution in [3.05, 3.63) is 42.5 Å². The highest BCUT2D eigenvalue weighted by Crippen LogP contribution is 2.18. The lowest BCUT2D eigenvalue weighted by atomic mass is 10.1. The van der Waals surface area contributed by atoms with E-state index in [1.54, 1.807) is 0 Å². The second-order valence-electron chi connectivity index (χ2n) is 4.62. The van der Waals surface area contributed by atoms with Crippen LogP contribution in [-0.2, 0) is 6.42 Å². The summed E-state index contributed by atoms with van der Waals surface area (Å²) in [6.07, 6.45) is 4.45. The van der Waals surface area contributed by atoms with E-state index in [-0.39, 0.29) is 0 Å². The van der Waals surface area contributed by atoms with Crippen molar-refractivity contribution >= 4 is 0 Å². The molecule has 0 bridgehead atoms. The first-order valence-electron chi connectivity index (χ1n) is 6.98. The third-order valence-corrected chi connectivity index (χ3v) is 2.86. The van der Waals surface area contributed by atoms with E-state index in [1.165, 1.54) is 0 Å². The average molecular weight is 263 g/mol. The Morgan fingerprint density at radius 2 is 2.21 bits per heavy atom. The number of hydrogen-bond acceptors (Lipinski definition) is 3. The summed E-state index contributed by atoms with van der Waals surface area (Å²) in [6.45, 7) is 7.72. The number of benzene rings is 1. The number of nitrogens with one attached hydrogen (secondary N) is 1.